The highest BCUT2D eigenvalue weighted by Gasteiger charge is 2.47. The van der Waals surface area contributed by atoms with E-state index < -0.39 is 26.1 Å². The molecule has 0 bridgehead atoms. The number of benzene rings is 1. The molecule has 0 aliphatic carbocycles. The van der Waals surface area contributed by atoms with Gasteiger partial charge in [0.05, 0.1) is 35.1 Å². The molecule has 0 aliphatic heterocycles. The number of amides is 1. The molecule has 2 aromatic heterocycles. The molecule has 30 heavy (non-hydrogen) atoms. The number of nitrogens with zero attached hydrogens (tertiary/aromatic N) is 3. The van der Waals surface area contributed by atoms with Crippen LogP contribution in [-0.2, 0) is 9.84 Å². The van der Waals surface area contributed by atoms with E-state index in [4.69, 9.17) is 4.74 Å². The largest absolute Gasteiger partial charge is 0.501 e. The van der Waals surface area contributed by atoms with E-state index in [1.54, 1.807) is 31.3 Å². The molecule has 0 aliphatic rings. The van der Waals surface area contributed by atoms with Crippen LogP contribution in [0.1, 0.15) is 16.1 Å². The molecule has 158 valence electrons. The van der Waals surface area contributed by atoms with Crippen molar-refractivity contribution in [1.82, 2.24) is 14.8 Å². The lowest BCUT2D eigenvalue weighted by Gasteiger charge is -2.13. The molecular weight excluding hydrogens is 425 g/mol. The first-order valence-electron chi connectivity index (χ1n) is 8.33. The highest BCUT2D eigenvalue weighted by atomic mass is 32.2. The quantitative estimate of drug-likeness (QED) is 0.654. The molecule has 1 aromatic carbocycles. The molecular formula is C18H15F3N4O4S. The first-order valence-corrected chi connectivity index (χ1v) is 9.81. The Labute approximate surface area is 169 Å². The first-order chi connectivity index (χ1) is 14.1. The van der Waals surface area contributed by atoms with E-state index in [2.05, 4.69) is 15.4 Å². The van der Waals surface area contributed by atoms with Crippen LogP contribution in [0.3, 0.4) is 0 Å². The highest BCUT2D eigenvalue weighted by Crippen LogP contribution is 2.35. The minimum absolute atomic E-state index is 0.0146. The third-order valence-electron chi connectivity index (χ3n) is 4.15. The fourth-order valence-corrected chi connectivity index (χ4v) is 3.41. The summed E-state index contributed by atoms with van der Waals surface area (Å²) in [5, 5.41) is 6.48. The van der Waals surface area contributed by atoms with Gasteiger partial charge < -0.3 is 10.1 Å². The molecule has 0 atom stereocenters. The predicted molar refractivity (Wildman–Crippen MR) is 100 cm³/mol. The third-order valence-corrected chi connectivity index (χ3v) is 5.64. The van der Waals surface area contributed by atoms with Crippen LogP contribution in [0.25, 0.3) is 5.82 Å². The molecule has 12 heteroatoms. The number of rotatable bonds is 5. The number of nitrogens with one attached hydrogen (secondary N) is 1. The van der Waals surface area contributed by atoms with Crippen LogP contribution >= 0.6 is 0 Å². The van der Waals surface area contributed by atoms with E-state index in [1.807, 2.05) is 0 Å². The smallest absolute Gasteiger partial charge is 0.495 e. The second-order valence-corrected chi connectivity index (χ2v) is 7.95. The summed E-state index contributed by atoms with van der Waals surface area (Å²) in [6.45, 7) is 1.61. The maximum Gasteiger partial charge on any atom is 0.501 e. The van der Waals surface area contributed by atoms with Crippen LogP contribution in [0.4, 0.5) is 18.9 Å². The molecule has 3 rings (SSSR count). The van der Waals surface area contributed by atoms with Gasteiger partial charge >= 0.3 is 5.51 Å². The number of anilines is 1. The summed E-state index contributed by atoms with van der Waals surface area (Å²) in [7, 11) is -4.37. The zero-order valence-electron chi connectivity index (χ0n) is 15.6. The van der Waals surface area contributed by atoms with Gasteiger partial charge in [-0.05, 0) is 37.3 Å². The van der Waals surface area contributed by atoms with Crippen molar-refractivity contribution in [3.8, 4) is 11.6 Å². The number of sulfone groups is 1. The molecule has 0 unspecified atom stereocenters. The zero-order valence-corrected chi connectivity index (χ0v) is 16.5. The lowest BCUT2D eigenvalue weighted by atomic mass is 10.2. The maximum absolute atomic E-state index is 12.9. The summed E-state index contributed by atoms with van der Waals surface area (Å²) in [6.07, 6.45) is 2.82. The molecule has 0 saturated carbocycles. The summed E-state index contributed by atoms with van der Waals surface area (Å²) in [6, 6.07) is 7.60. The monoisotopic (exact) mass is 440 g/mol. The lowest BCUT2D eigenvalue weighted by molar-refractivity contribution is -0.0436. The first kappa shape index (κ1) is 21.3. The molecule has 1 amide bonds. The van der Waals surface area contributed by atoms with Crippen LogP contribution in [0, 0.1) is 6.92 Å². The molecule has 2 heterocycles. The number of hydrogen-bond donors (Lipinski definition) is 1. The number of alkyl halides is 3. The number of ether oxygens (including phenoxy) is 1. The normalized spacial score (nSPS) is 11.9. The fraction of sp³-hybridized carbons (Fsp3) is 0.167. The van der Waals surface area contributed by atoms with Crippen molar-refractivity contribution in [3.05, 3.63) is 60.0 Å². The lowest BCUT2D eigenvalue weighted by Crippen LogP contribution is -2.23. The van der Waals surface area contributed by atoms with Crippen molar-refractivity contribution in [2.45, 2.75) is 17.3 Å². The zero-order chi connectivity index (χ0) is 22.1. The second-order valence-electron chi connectivity index (χ2n) is 6.01. The van der Waals surface area contributed by atoms with Crippen molar-refractivity contribution >= 4 is 21.4 Å². The van der Waals surface area contributed by atoms with Crippen molar-refractivity contribution in [1.29, 1.82) is 0 Å². The number of carbonyl (C=O) groups is 1. The van der Waals surface area contributed by atoms with E-state index in [0.29, 0.717) is 17.6 Å². The van der Waals surface area contributed by atoms with E-state index in [-0.39, 0.29) is 17.0 Å². The maximum atomic E-state index is 12.9. The SMILES string of the molecule is COc1ccc(S(=O)(=O)C(F)(F)F)cc1NC(=O)c1cnn(-c2ccccn2)c1C. The van der Waals surface area contributed by atoms with Crippen molar-refractivity contribution in [2.75, 3.05) is 12.4 Å². The summed E-state index contributed by atoms with van der Waals surface area (Å²) in [4.78, 5) is 15.8. The van der Waals surface area contributed by atoms with E-state index >= 15 is 0 Å². The molecule has 0 radical (unpaired) electrons. The minimum Gasteiger partial charge on any atom is -0.495 e. The summed E-state index contributed by atoms with van der Waals surface area (Å²) in [5.41, 5.74) is -5.18. The van der Waals surface area contributed by atoms with Crippen LogP contribution in [0.5, 0.6) is 5.75 Å². The van der Waals surface area contributed by atoms with Crippen molar-refractivity contribution < 1.29 is 31.1 Å². The Hall–Kier alpha value is -3.41. The Kier molecular flexibility index (Phi) is 5.53. The van der Waals surface area contributed by atoms with Gasteiger partial charge in [-0.25, -0.2) is 18.1 Å². The molecule has 0 saturated heterocycles. The van der Waals surface area contributed by atoms with Crippen LogP contribution in [0.15, 0.2) is 53.7 Å². The van der Waals surface area contributed by atoms with Crippen LogP contribution in [-0.4, -0.2) is 41.7 Å². The van der Waals surface area contributed by atoms with Gasteiger partial charge in [-0.15, -0.1) is 0 Å². The van der Waals surface area contributed by atoms with Crippen LogP contribution < -0.4 is 10.1 Å². The number of halogens is 3. The minimum atomic E-state index is -5.60. The van der Waals surface area contributed by atoms with Crippen molar-refractivity contribution in [3.63, 3.8) is 0 Å². The molecule has 8 nitrogen and oxygen atoms in total. The van der Waals surface area contributed by atoms with E-state index in [1.165, 1.54) is 18.0 Å². The summed E-state index contributed by atoms with van der Waals surface area (Å²) >= 11 is 0. The Morgan fingerprint density at radius 3 is 2.53 bits per heavy atom. The second kappa shape index (κ2) is 7.78. The van der Waals surface area contributed by atoms with Gasteiger partial charge in [-0.1, -0.05) is 6.07 Å². The number of methoxy groups -OCH3 is 1. The Balaban J connectivity index is 1.96. The predicted octanol–water partition coefficient (Wildman–Crippen LogP) is 3.13. The van der Waals surface area contributed by atoms with E-state index in [0.717, 1.165) is 12.1 Å². The molecule has 3 aromatic rings. The number of pyridine rings is 1. The highest BCUT2D eigenvalue weighted by molar-refractivity contribution is 7.92. The Morgan fingerprint density at radius 1 is 1.20 bits per heavy atom. The molecule has 0 fully saturated rings. The van der Waals surface area contributed by atoms with Crippen LogP contribution in [0.2, 0.25) is 0 Å². The molecule has 0 spiro atoms. The van der Waals surface area contributed by atoms with Gasteiger partial charge in [-0.3, -0.25) is 4.79 Å². The summed E-state index contributed by atoms with van der Waals surface area (Å²) < 4.78 is 68.3. The summed E-state index contributed by atoms with van der Waals surface area (Å²) in [5.74, 6) is -0.265. The number of aromatic nitrogens is 3. The number of hydrogen-bond acceptors (Lipinski definition) is 6. The standard InChI is InChI=1S/C18H15F3N4O4S/c1-11-13(10-23-25(11)16-5-3-4-8-22-16)17(26)24-14-9-12(6-7-15(14)29-2)30(27,28)18(19,20)21/h3-10H,1-2H3,(H,24,26). The van der Waals surface area contributed by atoms with E-state index in [9.17, 15) is 26.4 Å². The Bertz CT molecular complexity index is 1190. The Morgan fingerprint density at radius 2 is 1.93 bits per heavy atom. The van der Waals surface area contributed by atoms with Gasteiger partial charge in [0, 0.05) is 6.20 Å². The molecule has 1 N–H and O–H groups in total. The van der Waals surface area contributed by atoms with Gasteiger partial charge in [0.2, 0.25) is 0 Å². The average Bonchev–Trinajstić information content (AvgIpc) is 3.09. The van der Waals surface area contributed by atoms with Gasteiger partial charge in [0.1, 0.15) is 5.75 Å². The fourth-order valence-electron chi connectivity index (χ4n) is 2.62. The van der Waals surface area contributed by atoms with Gasteiger partial charge in [0.25, 0.3) is 15.7 Å². The van der Waals surface area contributed by atoms with Crippen molar-refractivity contribution in [2.24, 2.45) is 0 Å². The average molecular weight is 440 g/mol. The number of carbonyl (C=O) groups excluding carboxylic acids is 1. The van der Waals surface area contributed by atoms with Gasteiger partial charge in [-0.2, -0.15) is 18.3 Å². The third kappa shape index (κ3) is 3.85. The topological polar surface area (TPSA) is 103 Å². The van der Waals surface area contributed by atoms with Gasteiger partial charge in [0.15, 0.2) is 5.82 Å².